The summed E-state index contributed by atoms with van der Waals surface area (Å²) in [6, 6.07) is 0. The van der Waals surface area contributed by atoms with E-state index in [4.69, 9.17) is 0 Å². The molecular weight excluding hydrogens is 292 g/mol. The number of nitrogens with zero attached hydrogens (tertiary/aromatic N) is 1. The number of H-pyrrole nitrogens is 1. The van der Waals surface area contributed by atoms with Gasteiger partial charge in [0.2, 0.25) is 0 Å². The molecule has 6 nitrogen and oxygen atoms in total. The molecule has 0 saturated carbocycles. The molecule has 0 aliphatic carbocycles. The number of aliphatic hydroxyl groups excluding tert-OH is 1. The fraction of sp³-hybridized carbons (Fsp3) is 0.714. The van der Waals surface area contributed by atoms with Gasteiger partial charge in [-0.1, -0.05) is 13.8 Å². The third-order valence-corrected chi connectivity index (χ3v) is 3.77. The van der Waals surface area contributed by atoms with E-state index in [1.807, 2.05) is 13.8 Å². The summed E-state index contributed by atoms with van der Waals surface area (Å²) < 4.78 is 0. The monoisotopic (exact) mass is 316 g/mol. The average Bonchev–Trinajstić information content (AvgIpc) is 2.87. The summed E-state index contributed by atoms with van der Waals surface area (Å²) in [6.45, 7) is 6.44. The number of aromatic nitrogens is 2. The van der Waals surface area contributed by atoms with Crippen LogP contribution in [-0.2, 0) is 13.0 Å². The van der Waals surface area contributed by atoms with Crippen molar-refractivity contribution in [1.82, 2.24) is 20.8 Å². The number of carbonyl (C=O) groups is 1. The molecule has 1 aromatic heterocycles. The molecule has 1 aromatic rings. The molecule has 0 bridgehead atoms. The summed E-state index contributed by atoms with van der Waals surface area (Å²) in [4.78, 5) is 12.1. The van der Waals surface area contributed by atoms with Crippen LogP contribution in [0.1, 0.15) is 48.4 Å². The standard InChI is InChI=1S/C14H24N4O2.ClH/c1-14(2,9-19)5-3-6-16-13(20)12-10-8-15-7-4-11(10)17-18-12;/h15,19H,3-9H2,1-2H3,(H,16,20)(H,17,18);1H. The highest BCUT2D eigenvalue weighted by Gasteiger charge is 2.21. The van der Waals surface area contributed by atoms with Crippen molar-refractivity contribution in [2.24, 2.45) is 5.41 Å². The summed E-state index contributed by atoms with van der Waals surface area (Å²) in [6.07, 6.45) is 2.62. The first-order valence-electron chi connectivity index (χ1n) is 7.19. The number of rotatable bonds is 6. The molecule has 0 unspecified atom stereocenters. The predicted octanol–water partition coefficient (Wildman–Crippen LogP) is 1.01. The van der Waals surface area contributed by atoms with Gasteiger partial charge in [0.05, 0.1) is 0 Å². The van der Waals surface area contributed by atoms with E-state index in [0.29, 0.717) is 18.8 Å². The van der Waals surface area contributed by atoms with Crippen LogP contribution in [0.2, 0.25) is 0 Å². The summed E-state index contributed by atoms with van der Waals surface area (Å²) in [5.74, 6) is -0.118. The van der Waals surface area contributed by atoms with E-state index in [0.717, 1.165) is 37.1 Å². The van der Waals surface area contributed by atoms with Crippen molar-refractivity contribution in [1.29, 1.82) is 0 Å². The molecule has 21 heavy (non-hydrogen) atoms. The second kappa shape index (κ2) is 7.77. The lowest BCUT2D eigenvalue weighted by Gasteiger charge is -2.21. The number of nitrogens with one attached hydrogen (secondary N) is 3. The number of aromatic amines is 1. The first-order valence-corrected chi connectivity index (χ1v) is 7.19. The van der Waals surface area contributed by atoms with Crippen LogP contribution in [0.3, 0.4) is 0 Å². The average molecular weight is 317 g/mol. The SMILES string of the molecule is CC(C)(CO)CCCNC(=O)c1n[nH]c2c1CNCC2.Cl. The molecule has 0 radical (unpaired) electrons. The topological polar surface area (TPSA) is 90.0 Å². The molecule has 0 fully saturated rings. The summed E-state index contributed by atoms with van der Waals surface area (Å²) in [7, 11) is 0. The summed E-state index contributed by atoms with van der Waals surface area (Å²) >= 11 is 0. The fourth-order valence-electron chi connectivity index (χ4n) is 2.34. The van der Waals surface area contributed by atoms with Crippen LogP contribution >= 0.6 is 12.4 Å². The molecule has 1 amide bonds. The number of carbonyl (C=O) groups excluding carboxylic acids is 1. The van der Waals surface area contributed by atoms with E-state index in [2.05, 4.69) is 20.8 Å². The zero-order chi connectivity index (χ0) is 14.6. The minimum Gasteiger partial charge on any atom is -0.396 e. The van der Waals surface area contributed by atoms with E-state index in [9.17, 15) is 9.90 Å². The van der Waals surface area contributed by atoms with Crippen LogP contribution in [0.25, 0.3) is 0 Å². The van der Waals surface area contributed by atoms with Crippen molar-refractivity contribution in [2.75, 3.05) is 19.7 Å². The maximum Gasteiger partial charge on any atom is 0.272 e. The second-order valence-corrected chi connectivity index (χ2v) is 6.14. The molecular formula is C14H25ClN4O2. The second-order valence-electron chi connectivity index (χ2n) is 6.14. The number of amides is 1. The lowest BCUT2D eigenvalue weighted by atomic mass is 9.89. The Labute approximate surface area is 131 Å². The number of halogens is 1. The Morgan fingerprint density at radius 1 is 1.48 bits per heavy atom. The van der Waals surface area contributed by atoms with Crippen molar-refractivity contribution in [3.63, 3.8) is 0 Å². The number of fused-ring (bicyclic) bond motifs is 1. The lowest BCUT2D eigenvalue weighted by Crippen LogP contribution is -2.29. The van der Waals surface area contributed by atoms with Crippen molar-refractivity contribution in [3.8, 4) is 0 Å². The van der Waals surface area contributed by atoms with Crippen LogP contribution in [0, 0.1) is 5.41 Å². The van der Waals surface area contributed by atoms with Crippen molar-refractivity contribution >= 4 is 18.3 Å². The molecule has 2 heterocycles. The smallest absolute Gasteiger partial charge is 0.272 e. The van der Waals surface area contributed by atoms with Crippen LogP contribution in [0.4, 0.5) is 0 Å². The maximum absolute atomic E-state index is 12.1. The quantitative estimate of drug-likeness (QED) is 0.590. The number of aliphatic hydroxyl groups is 1. The third-order valence-electron chi connectivity index (χ3n) is 3.77. The van der Waals surface area contributed by atoms with Crippen molar-refractivity contribution in [2.45, 2.75) is 39.7 Å². The molecule has 0 spiro atoms. The summed E-state index contributed by atoms with van der Waals surface area (Å²) in [5, 5.41) is 22.4. The van der Waals surface area contributed by atoms with Crippen molar-refractivity contribution < 1.29 is 9.90 Å². The Bertz CT molecular complexity index is 474. The van der Waals surface area contributed by atoms with Gasteiger partial charge in [-0.25, -0.2) is 0 Å². The van der Waals surface area contributed by atoms with Crippen LogP contribution in [-0.4, -0.2) is 40.9 Å². The highest BCUT2D eigenvalue weighted by atomic mass is 35.5. The van der Waals surface area contributed by atoms with E-state index in [1.54, 1.807) is 0 Å². The molecule has 2 rings (SSSR count). The maximum atomic E-state index is 12.1. The van der Waals surface area contributed by atoms with Crippen molar-refractivity contribution in [3.05, 3.63) is 17.0 Å². The highest BCUT2D eigenvalue weighted by Crippen LogP contribution is 2.20. The molecule has 0 atom stereocenters. The number of hydrogen-bond acceptors (Lipinski definition) is 4. The van der Waals surface area contributed by atoms with Crippen LogP contribution < -0.4 is 10.6 Å². The van der Waals surface area contributed by atoms with Gasteiger partial charge in [0, 0.05) is 43.9 Å². The first-order chi connectivity index (χ1) is 9.53. The van der Waals surface area contributed by atoms with E-state index in [1.165, 1.54) is 0 Å². The Morgan fingerprint density at radius 2 is 2.24 bits per heavy atom. The van der Waals surface area contributed by atoms with Gasteiger partial charge < -0.3 is 15.7 Å². The minimum absolute atomic E-state index is 0. The zero-order valence-electron chi connectivity index (χ0n) is 12.7. The molecule has 0 saturated heterocycles. The van der Waals surface area contributed by atoms with Gasteiger partial charge in [-0.05, 0) is 18.3 Å². The van der Waals surface area contributed by atoms with E-state index in [-0.39, 0.29) is 30.3 Å². The molecule has 120 valence electrons. The first kappa shape index (κ1) is 17.9. The Kier molecular flexibility index (Phi) is 6.64. The van der Waals surface area contributed by atoms with Crippen LogP contribution in [0.15, 0.2) is 0 Å². The molecule has 1 aliphatic rings. The highest BCUT2D eigenvalue weighted by molar-refractivity contribution is 5.94. The largest absolute Gasteiger partial charge is 0.396 e. The molecule has 1 aliphatic heterocycles. The van der Waals surface area contributed by atoms with E-state index >= 15 is 0 Å². The molecule has 7 heteroatoms. The Balaban J connectivity index is 0.00000220. The van der Waals surface area contributed by atoms with Gasteiger partial charge in [-0.2, -0.15) is 5.10 Å². The fourth-order valence-corrected chi connectivity index (χ4v) is 2.34. The van der Waals surface area contributed by atoms with Gasteiger partial charge in [0.25, 0.3) is 5.91 Å². The van der Waals surface area contributed by atoms with Gasteiger partial charge in [0.15, 0.2) is 5.69 Å². The van der Waals surface area contributed by atoms with Gasteiger partial charge in [0.1, 0.15) is 0 Å². The Morgan fingerprint density at radius 3 is 2.95 bits per heavy atom. The van der Waals surface area contributed by atoms with Gasteiger partial charge >= 0.3 is 0 Å². The number of hydrogen-bond donors (Lipinski definition) is 4. The minimum atomic E-state index is -0.118. The van der Waals surface area contributed by atoms with Gasteiger partial charge in [-0.15, -0.1) is 12.4 Å². The van der Waals surface area contributed by atoms with Crippen LogP contribution in [0.5, 0.6) is 0 Å². The lowest BCUT2D eigenvalue weighted by molar-refractivity contribution is 0.0942. The third kappa shape index (κ3) is 4.69. The predicted molar refractivity (Wildman–Crippen MR) is 83.7 cm³/mol. The molecule has 4 N–H and O–H groups in total. The van der Waals surface area contributed by atoms with Gasteiger partial charge in [-0.3, -0.25) is 9.89 Å². The zero-order valence-corrected chi connectivity index (χ0v) is 13.5. The molecule has 0 aromatic carbocycles. The summed E-state index contributed by atoms with van der Waals surface area (Å²) in [5.41, 5.74) is 2.48. The normalized spacial score (nSPS) is 14.2. The Hall–Kier alpha value is -1.11. The van der Waals surface area contributed by atoms with E-state index < -0.39 is 0 Å².